The normalized spacial score (nSPS) is 25.4. The summed E-state index contributed by atoms with van der Waals surface area (Å²) in [6, 6.07) is 4.05. The van der Waals surface area contributed by atoms with Gasteiger partial charge in [-0.25, -0.2) is 9.78 Å². The van der Waals surface area contributed by atoms with Crippen LogP contribution in [0.4, 0.5) is 5.82 Å². The van der Waals surface area contributed by atoms with Crippen LogP contribution in [0.2, 0.25) is 0 Å². The van der Waals surface area contributed by atoms with Crippen LogP contribution < -0.4 is 10.2 Å². The van der Waals surface area contributed by atoms with Crippen LogP contribution in [-0.2, 0) is 9.53 Å². The van der Waals surface area contributed by atoms with E-state index in [1.165, 1.54) is 0 Å². The first-order chi connectivity index (χ1) is 14.2. The van der Waals surface area contributed by atoms with Crippen LogP contribution in [0.3, 0.4) is 0 Å². The second-order valence-corrected chi connectivity index (χ2v) is 8.71. The first-order valence-corrected chi connectivity index (χ1v) is 11.5. The molecule has 3 aliphatic heterocycles. The molecule has 0 aliphatic carbocycles. The number of carbonyl (C=O) groups excluding carboxylic acids is 2. The minimum atomic E-state index is -0.332. The number of piperazine rings is 1. The third-order valence-corrected chi connectivity index (χ3v) is 6.85. The number of ether oxygens (including phenoxy) is 1. The number of nitrogens with zero attached hydrogens (tertiary/aromatic N) is 4. The Bertz CT molecular complexity index is 717. The van der Waals surface area contributed by atoms with Crippen molar-refractivity contribution in [1.82, 2.24) is 20.1 Å². The van der Waals surface area contributed by atoms with E-state index in [4.69, 9.17) is 4.74 Å². The molecule has 9 heteroatoms. The molecule has 1 aromatic heterocycles. The summed E-state index contributed by atoms with van der Waals surface area (Å²) in [7, 11) is 0. The number of anilines is 1. The Hall–Kier alpha value is -1.84. The van der Waals surface area contributed by atoms with Crippen LogP contribution in [0.1, 0.15) is 23.7 Å². The van der Waals surface area contributed by atoms with E-state index in [1.54, 1.807) is 19.2 Å². The minimum absolute atomic E-state index is 0.0335. The lowest BCUT2D eigenvalue weighted by Gasteiger charge is -2.38. The molecule has 0 bridgehead atoms. The van der Waals surface area contributed by atoms with E-state index in [0.29, 0.717) is 18.2 Å². The Labute approximate surface area is 175 Å². The van der Waals surface area contributed by atoms with Crippen molar-refractivity contribution in [1.29, 1.82) is 0 Å². The number of thioether (sulfide) groups is 1. The molecule has 29 heavy (non-hydrogen) atoms. The summed E-state index contributed by atoms with van der Waals surface area (Å²) >= 11 is 1.83. The third kappa shape index (κ3) is 4.67. The number of esters is 1. The molecule has 4 heterocycles. The molecule has 0 unspecified atom stereocenters. The van der Waals surface area contributed by atoms with Gasteiger partial charge in [-0.3, -0.25) is 9.69 Å². The van der Waals surface area contributed by atoms with Crippen molar-refractivity contribution in [3.8, 4) is 0 Å². The van der Waals surface area contributed by atoms with Gasteiger partial charge in [0, 0.05) is 57.3 Å². The van der Waals surface area contributed by atoms with Gasteiger partial charge < -0.3 is 19.9 Å². The minimum Gasteiger partial charge on any atom is -0.462 e. The van der Waals surface area contributed by atoms with Crippen molar-refractivity contribution in [2.75, 3.05) is 62.4 Å². The average Bonchev–Trinajstić information content (AvgIpc) is 3.46. The fraction of sp³-hybridized carbons (Fsp3) is 0.650. The van der Waals surface area contributed by atoms with Gasteiger partial charge in [0.25, 0.3) is 0 Å². The Morgan fingerprint density at radius 2 is 2.07 bits per heavy atom. The molecule has 0 radical (unpaired) electrons. The summed E-state index contributed by atoms with van der Waals surface area (Å²) in [6.07, 6.45) is 2.49. The van der Waals surface area contributed by atoms with Crippen LogP contribution in [0.15, 0.2) is 18.3 Å². The molecule has 8 nitrogen and oxygen atoms in total. The summed E-state index contributed by atoms with van der Waals surface area (Å²) < 4.78 is 5.01. The van der Waals surface area contributed by atoms with Crippen LogP contribution >= 0.6 is 11.8 Å². The number of carbonyl (C=O) groups is 2. The highest BCUT2D eigenvalue weighted by atomic mass is 32.2. The highest BCUT2D eigenvalue weighted by Crippen LogP contribution is 2.22. The van der Waals surface area contributed by atoms with Crippen LogP contribution in [0, 0.1) is 0 Å². The molecule has 4 rings (SSSR count). The number of hydrogen-bond donors (Lipinski definition) is 1. The third-order valence-electron chi connectivity index (χ3n) is 5.88. The molecule has 3 aliphatic rings. The van der Waals surface area contributed by atoms with Crippen molar-refractivity contribution in [3.05, 3.63) is 23.9 Å². The highest BCUT2D eigenvalue weighted by Gasteiger charge is 2.36. The Morgan fingerprint density at radius 3 is 2.72 bits per heavy atom. The molecule has 0 aromatic carbocycles. The molecular formula is C20H29N5O3S. The highest BCUT2D eigenvalue weighted by molar-refractivity contribution is 7.99. The predicted octanol–water partition coefficient (Wildman–Crippen LogP) is 0.644. The lowest BCUT2D eigenvalue weighted by Crippen LogP contribution is -2.51. The van der Waals surface area contributed by atoms with E-state index in [0.717, 1.165) is 63.1 Å². The van der Waals surface area contributed by atoms with Gasteiger partial charge in [0.15, 0.2) is 0 Å². The van der Waals surface area contributed by atoms with E-state index in [2.05, 4.69) is 20.1 Å². The van der Waals surface area contributed by atoms with Gasteiger partial charge in [-0.05, 0) is 25.5 Å². The lowest BCUT2D eigenvalue weighted by atomic mass is 10.1. The van der Waals surface area contributed by atoms with Crippen molar-refractivity contribution >= 4 is 29.5 Å². The largest absolute Gasteiger partial charge is 0.462 e. The summed E-state index contributed by atoms with van der Waals surface area (Å²) in [5, 5.41) is 3.44. The van der Waals surface area contributed by atoms with Gasteiger partial charge in [0.05, 0.1) is 24.1 Å². The van der Waals surface area contributed by atoms with Crippen molar-refractivity contribution in [3.63, 3.8) is 0 Å². The quantitative estimate of drug-likeness (QED) is 0.697. The fourth-order valence-electron chi connectivity index (χ4n) is 4.22. The molecule has 158 valence electrons. The smallest absolute Gasteiger partial charge is 0.339 e. The lowest BCUT2D eigenvalue weighted by molar-refractivity contribution is -0.131. The maximum atomic E-state index is 12.6. The van der Waals surface area contributed by atoms with Crippen LogP contribution in [0.25, 0.3) is 0 Å². The number of nitrogens with one attached hydrogen (secondary N) is 1. The first-order valence-electron chi connectivity index (χ1n) is 10.4. The van der Waals surface area contributed by atoms with Crippen LogP contribution in [-0.4, -0.2) is 96.2 Å². The zero-order chi connectivity index (χ0) is 20.2. The summed E-state index contributed by atoms with van der Waals surface area (Å²) in [5.41, 5.74) is 0.485. The van der Waals surface area contributed by atoms with E-state index in [1.807, 2.05) is 22.7 Å². The van der Waals surface area contributed by atoms with Crippen molar-refractivity contribution in [2.24, 2.45) is 0 Å². The van der Waals surface area contributed by atoms with Gasteiger partial charge in [-0.1, -0.05) is 0 Å². The molecule has 0 saturated carbocycles. The zero-order valence-corrected chi connectivity index (χ0v) is 17.7. The Balaban J connectivity index is 1.26. The van der Waals surface area contributed by atoms with Gasteiger partial charge in [-0.2, -0.15) is 0 Å². The zero-order valence-electron chi connectivity index (χ0n) is 16.9. The average molecular weight is 420 g/mol. The SMILES string of the molecule is CCOC(=O)c1ccc(N2CCN([C@@H]3CN[C@H](C(=O)N4CCSC4)C3)CC2)nc1. The van der Waals surface area contributed by atoms with Gasteiger partial charge in [0.2, 0.25) is 5.91 Å². The van der Waals surface area contributed by atoms with Crippen molar-refractivity contribution in [2.45, 2.75) is 25.4 Å². The van der Waals surface area contributed by atoms with Crippen molar-refractivity contribution < 1.29 is 14.3 Å². The topological polar surface area (TPSA) is 78.0 Å². The predicted molar refractivity (Wildman–Crippen MR) is 113 cm³/mol. The molecule has 1 aromatic rings. The van der Waals surface area contributed by atoms with Gasteiger partial charge in [0.1, 0.15) is 5.82 Å². The second-order valence-electron chi connectivity index (χ2n) is 7.64. The standard InChI is InChI=1S/C20H29N5O3S/c1-2-28-20(27)15-3-4-18(22-12-15)24-7-5-23(6-8-24)16-11-17(21-13-16)19(26)25-9-10-29-14-25/h3-4,12,16-17,21H,2,5-11,13-14H2,1H3/t16-,17-/m0/s1. The number of pyridine rings is 1. The molecule has 0 spiro atoms. The molecule has 3 saturated heterocycles. The molecule has 3 fully saturated rings. The number of amides is 1. The van der Waals surface area contributed by atoms with E-state index >= 15 is 0 Å². The molecular weight excluding hydrogens is 390 g/mol. The second kappa shape index (κ2) is 9.32. The summed E-state index contributed by atoms with van der Waals surface area (Å²) in [6.45, 7) is 7.61. The van der Waals surface area contributed by atoms with E-state index in [9.17, 15) is 9.59 Å². The Kier molecular flexibility index (Phi) is 6.56. The number of rotatable bonds is 5. The van der Waals surface area contributed by atoms with Crippen LogP contribution in [0.5, 0.6) is 0 Å². The maximum absolute atomic E-state index is 12.6. The molecule has 2 atom stereocenters. The monoisotopic (exact) mass is 419 g/mol. The fourth-order valence-corrected chi connectivity index (χ4v) is 5.17. The van der Waals surface area contributed by atoms with E-state index < -0.39 is 0 Å². The van der Waals surface area contributed by atoms with Gasteiger partial charge in [-0.15, -0.1) is 11.8 Å². The molecule has 1 N–H and O–H groups in total. The summed E-state index contributed by atoms with van der Waals surface area (Å²) in [4.78, 5) is 35.5. The van der Waals surface area contributed by atoms with E-state index in [-0.39, 0.29) is 17.9 Å². The molecule has 1 amide bonds. The number of hydrogen-bond acceptors (Lipinski definition) is 8. The number of aromatic nitrogens is 1. The van der Waals surface area contributed by atoms with Gasteiger partial charge >= 0.3 is 5.97 Å². The maximum Gasteiger partial charge on any atom is 0.339 e. The Morgan fingerprint density at radius 1 is 1.24 bits per heavy atom. The summed E-state index contributed by atoms with van der Waals surface area (Å²) in [5.74, 6) is 2.71. The first kappa shape index (κ1) is 20.4.